The predicted octanol–water partition coefficient (Wildman–Crippen LogP) is 3.04. The van der Waals surface area contributed by atoms with E-state index >= 15 is 0 Å². The highest BCUT2D eigenvalue weighted by Gasteiger charge is 2.22. The van der Waals surface area contributed by atoms with Gasteiger partial charge in [-0.25, -0.2) is 0 Å². The van der Waals surface area contributed by atoms with E-state index in [1.807, 2.05) is 29.2 Å². The molecule has 9 nitrogen and oxygen atoms in total. The van der Waals surface area contributed by atoms with E-state index in [-0.39, 0.29) is 17.6 Å². The molecule has 1 aliphatic heterocycles. The van der Waals surface area contributed by atoms with Crippen LogP contribution in [0.15, 0.2) is 28.6 Å². The van der Waals surface area contributed by atoms with Crippen molar-refractivity contribution in [2.24, 2.45) is 0 Å². The number of thioether (sulfide) groups is 1. The normalized spacial score (nSPS) is 14.0. The third-order valence-corrected chi connectivity index (χ3v) is 7.66. The van der Waals surface area contributed by atoms with Gasteiger partial charge in [0.15, 0.2) is 4.34 Å². The number of carbonyl (C=O) groups excluding carboxylic acids is 2. The number of anilines is 2. The summed E-state index contributed by atoms with van der Waals surface area (Å²) in [5, 5.41) is 15.6. The number of piperazine rings is 1. The molecule has 4 rings (SSSR count). The van der Waals surface area contributed by atoms with Crippen LogP contribution < -0.4 is 10.2 Å². The Morgan fingerprint density at radius 1 is 1.13 bits per heavy atom. The van der Waals surface area contributed by atoms with Crippen LogP contribution in [0.2, 0.25) is 5.02 Å². The van der Waals surface area contributed by atoms with Gasteiger partial charge in [-0.05, 0) is 42.7 Å². The van der Waals surface area contributed by atoms with Gasteiger partial charge in [0, 0.05) is 36.9 Å². The number of hydrogen-bond donors (Lipinski definition) is 1. The van der Waals surface area contributed by atoms with Crippen LogP contribution in [-0.2, 0) is 4.79 Å². The highest BCUT2D eigenvalue weighted by Crippen LogP contribution is 2.27. The Hall–Kier alpha value is -2.28. The zero-order chi connectivity index (χ0) is 21.8. The summed E-state index contributed by atoms with van der Waals surface area (Å²) in [6.45, 7) is 4.61. The number of aromatic nitrogens is 4. The molecule has 0 bridgehead atoms. The zero-order valence-corrected chi connectivity index (χ0v) is 19.7. The molecule has 1 fully saturated rings. The summed E-state index contributed by atoms with van der Waals surface area (Å²) in [7, 11) is 0. The minimum Gasteiger partial charge on any atom is -0.368 e. The minimum atomic E-state index is -0.310. The number of halogens is 1. The molecule has 3 heterocycles. The molecule has 1 aromatic carbocycles. The van der Waals surface area contributed by atoms with Gasteiger partial charge in [0.25, 0.3) is 5.91 Å². The van der Waals surface area contributed by atoms with E-state index in [1.54, 1.807) is 6.92 Å². The van der Waals surface area contributed by atoms with Crippen molar-refractivity contribution in [2.45, 2.75) is 11.3 Å². The van der Waals surface area contributed by atoms with E-state index in [4.69, 9.17) is 11.6 Å². The Morgan fingerprint density at radius 3 is 2.55 bits per heavy atom. The quantitative estimate of drug-likeness (QED) is 0.411. The van der Waals surface area contributed by atoms with E-state index in [0.717, 1.165) is 30.3 Å². The largest absolute Gasteiger partial charge is 0.368 e. The summed E-state index contributed by atoms with van der Waals surface area (Å²) in [6, 6.07) is 7.74. The van der Waals surface area contributed by atoms with Gasteiger partial charge in [-0.2, -0.15) is 0 Å². The fraction of sp³-hybridized carbons (Fsp3) is 0.333. The first-order valence-electron chi connectivity index (χ1n) is 9.34. The molecule has 2 aromatic heterocycles. The van der Waals surface area contributed by atoms with Gasteiger partial charge in [-0.3, -0.25) is 14.9 Å². The summed E-state index contributed by atoms with van der Waals surface area (Å²) >= 11 is 9.54. The highest BCUT2D eigenvalue weighted by molar-refractivity contribution is 8.01. The third-order valence-electron chi connectivity index (χ3n) is 4.63. The lowest BCUT2D eigenvalue weighted by Crippen LogP contribution is -2.49. The Bertz CT molecular complexity index is 1060. The molecule has 1 N–H and O–H groups in total. The average molecular weight is 496 g/mol. The first kappa shape index (κ1) is 21.9. The van der Waals surface area contributed by atoms with Gasteiger partial charge < -0.3 is 9.80 Å². The molecule has 0 aliphatic carbocycles. The van der Waals surface area contributed by atoms with Crippen LogP contribution in [0.5, 0.6) is 0 Å². The van der Waals surface area contributed by atoms with Crippen molar-refractivity contribution in [3.63, 3.8) is 0 Å². The molecule has 3 aromatic rings. The van der Waals surface area contributed by atoms with Crippen molar-refractivity contribution in [3.05, 3.63) is 39.9 Å². The van der Waals surface area contributed by atoms with Crippen molar-refractivity contribution in [3.8, 4) is 0 Å². The highest BCUT2D eigenvalue weighted by atomic mass is 35.5. The Kier molecular flexibility index (Phi) is 7.00. The summed E-state index contributed by atoms with van der Waals surface area (Å²) in [4.78, 5) is 29.3. The van der Waals surface area contributed by atoms with E-state index in [2.05, 4.69) is 30.0 Å². The lowest BCUT2D eigenvalue weighted by atomic mass is 10.2. The van der Waals surface area contributed by atoms with Gasteiger partial charge in [-0.1, -0.05) is 39.2 Å². The number of hydrogen-bond acceptors (Lipinski definition) is 10. The van der Waals surface area contributed by atoms with Crippen LogP contribution in [-0.4, -0.2) is 68.4 Å². The van der Waals surface area contributed by atoms with Crippen LogP contribution in [0, 0.1) is 6.92 Å². The fourth-order valence-corrected chi connectivity index (χ4v) is 5.32. The third kappa shape index (κ3) is 5.50. The van der Waals surface area contributed by atoms with Crippen LogP contribution in [0.1, 0.15) is 15.4 Å². The molecular weight excluding hydrogens is 478 g/mol. The summed E-state index contributed by atoms with van der Waals surface area (Å²) in [5.74, 6) is 0.0317. The maximum absolute atomic E-state index is 12.6. The Labute approximate surface area is 196 Å². The minimum absolute atomic E-state index is 0.0629. The van der Waals surface area contributed by atoms with Crippen LogP contribution in [0.4, 0.5) is 10.8 Å². The van der Waals surface area contributed by atoms with Crippen molar-refractivity contribution in [1.82, 2.24) is 24.7 Å². The van der Waals surface area contributed by atoms with E-state index in [0.29, 0.717) is 38.2 Å². The summed E-state index contributed by atoms with van der Waals surface area (Å²) in [6.07, 6.45) is 0. The first-order valence-corrected chi connectivity index (χ1v) is 12.3. The molecule has 31 heavy (non-hydrogen) atoms. The number of nitrogens with zero attached hydrogens (tertiary/aromatic N) is 6. The molecule has 0 spiro atoms. The second kappa shape index (κ2) is 9.90. The van der Waals surface area contributed by atoms with Gasteiger partial charge in [0.1, 0.15) is 4.88 Å². The summed E-state index contributed by atoms with van der Waals surface area (Å²) in [5.41, 5.74) is 1.68. The molecule has 1 aliphatic rings. The average Bonchev–Trinajstić information content (AvgIpc) is 3.41. The standard InChI is InChI=1S/C18H18ClN7O2S3/c1-11-15(31-24-21-11)16(28)20-17-22-23-18(30-17)29-10-14(27)26-8-6-25(7-9-26)13-4-2-12(19)3-5-13/h2-5H,6-10H2,1H3,(H,20,22,28). The Balaban J connectivity index is 1.24. The number of carbonyl (C=O) groups is 2. The number of nitrogens with one attached hydrogen (secondary N) is 1. The molecular formula is C18H18ClN7O2S3. The lowest BCUT2D eigenvalue weighted by Gasteiger charge is -2.36. The van der Waals surface area contributed by atoms with Gasteiger partial charge in [0.05, 0.1) is 11.4 Å². The number of aryl methyl sites for hydroxylation is 1. The maximum atomic E-state index is 12.6. The van der Waals surface area contributed by atoms with Gasteiger partial charge in [-0.15, -0.1) is 15.3 Å². The van der Waals surface area contributed by atoms with E-state index in [9.17, 15) is 9.59 Å². The molecule has 0 atom stereocenters. The number of benzene rings is 1. The van der Waals surface area contributed by atoms with Crippen LogP contribution in [0.3, 0.4) is 0 Å². The van der Waals surface area contributed by atoms with Crippen LogP contribution >= 0.6 is 46.2 Å². The topological polar surface area (TPSA) is 104 Å². The van der Waals surface area contributed by atoms with Gasteiger partial charge >= 0.3 is 0 Å². The van der Waals surface area contributed by atoms with E-state index < -0.39 is 0 Å². The van der Waals surface area contributed by atoms with Crippen molar-refractivity contribution >= 4 is 68.9 Å². The maximum Gasteiger partial charge on any atom is 0.271 e. The molecule has 1 saturated heterocycles. The molecule has 13 heteroatoms. The molecule has 0 saturated carbocycles. The lowest BCUT2D eigenvalue weighted by molar-refractivity contribution is -0.128. The first-order chi connectivity index (χ1) is 15.0. The second-order valence-electron chi connectivity index (χ2n) is 6.65. The van der Waals surface area contributed by atoms with Crippen molar-refractivity contribution in [1.29, 1.82) is 0 Å². The fourth-order valence-electron chi connectivity index (χ4n) is 2.99. The molecule has 2 amide bonds. The molecule has 0 unspecified atom stereocenters. The van der Waals surface area contributed by atoms with Crippen molar-refractivity contribution in [2.75, 3.05) is 42.1 Å². The second-order valence-corrected chi connectivity index (χ2v) is 10.0. The molecule has 0 radical (unpaired) electrons. The monoisotopic (exact) mass is 495 g/mol. The van der Waals surface area contributed by atoms with Crippen molar-refractivity contribution < 1.29 is 9.59 Å². The molecule has 162 valence electrons. The summed E-state index contributed by atoms with van der Waals surface area (Å²) < 4.78 is 4.38. The predicted molar refractivity (Wildman–Crippen MR) is 123 cm³/mol. The van der Waals surface area contributed by atoms with Crippen LogP contribution in [0.25, 0.3) is 0 Å². The Morgan fingerprint density at radius 2 is 1.87 bits per heavy atom. The van der Waals surface area contributed by atoms with Gasteiger partial charge in [0.2, 0.25) is 11.0 Å². The number of rotatable bonds is 6. The van der Waals surface area contributed by atoms with E-state index in [1.165, 1.54) is 23.1 Å². The zero-order valence-electron chi connectivity index (χ0n) is 16.4. The number of amides is 2. The smallest absolute Gasteiger partial charge is 0.271 e. The SMILES string of the molecule is Cc1nnsc1C(=O)Nc1nnc(SCC(=O)N2CCN(c3ccc(Cl)cc3)CC2)s1.